The average Bonchev–Trinajstić information content (AvgIpc) is 2.49. The van der Waals surface area contributed by atoms with E-state index >= 15 is 0 Å². The topological polar surface area (TPSA) is 29.1 Å². The molecular formula is C10H13Cl2NOS. The van der Waals surface area contributed by atoms with Crippen molar-refractivity contribution in [2.24, 2.45) is 0 Å². The fourth-order valence-electron chi connectivity index (χ4n) is 1.29. The van der Waals surface area contributed by atoms with Gasteiger partial charge in [-0.15, -0.1) is 22.9 Å². The zero-order valence-corrected chi connectivity index (χ0v) is 10.9. The van der Waals surface area contributed by atoms with Gasteiger partial charge in [0, 0.05) is 11.4 Å². The van der Waals surface area contributed by atoms with Crippen molar-refractivity contribution in [2.45, 2.75) is 31.7 Å². The van der Waals surface area contributed by atoms with Gasteiger partial charge in [0.1, 0.15) is 4.88 Å². The van der Waals surface area contributed by atoms with E-state index in [0.717, 1.165) is 6.42 Å². The molecule has 15 heavy (non-hydrogen) atoms. The summed E-state index contributed by atoms with van der Waals surface area (Å²) in [5, 5.41) is 5.21. The Kier molecular flexibility index (Phi) is 4.90. The van der Waals surface area contributed by atoms with E-state index in [1.807, 2.05) is 13.8 Å². The van der Waals surface area contributed by atoms with Gasteiger partial charge in [0.25, 0.3) is 5.91 Å². The zero-order chi connectivity index (χ0) is 11.4. The maximum atomic E-state index is 11.7. The molecule has 0 aliphatic rings. The summed E-state index contributed by atoms with van der Waals surface area (Å²) < 4.78 is 0. The Hall–Kier alpha value is -0.250. The Morgan fingerprint density at radius 1 is 1.60 bits per heavy atom. The number of nitrogens with one attached hydrogen (secondary N) is 1. The first-order chi connectivity index (χ1) is 7.00. The van der Waals surface area contributed by atoms with E-state index in [9.17, 15) is 4.79 Å². The molecule has 0 fully saturated rings. The fraction of sp³-hybridized carbons (Fsp3) is 0.500. The van der Waals surface area contributed by atoms with E-state index in [4.69, 9.17) is 23.2 Å². The number of thiophene rings is 1. The number of rotatable bonds is 4. The van der Waals surface area contributed by atoms with Gasteiger partial charge in [0.05, 0.1) is 5.02 Å². The van der Waals surface area contributed by atoms with Crippen LogP contribution >= 0.6 is 34.5 Å². The van der Waals surface area contributed by atoms with Crippen molar-refractivity contribution in [2.75, 3.05) is 0 Å². The highest BCUT2D eigenvalue weighted by Crippen LogP contribution is 2.21. The molecule has 1 rings (SSSR count). The van der Waals surface area contributed by atoms with Crippen molar-refractivity contribution in [3.63, 3.8) is 0 Å². The summed E-state index contributed by atoms with van der Waals surface area (Å²) in [6, 6.07) is 1.78. The lowest BCUT2D eigenvalue weighted by Crippen LogP contribution is -2.33. The Morgan fingerprint density at radius 2 is 2.27 bits per heavy atom. The van der Waals surface area contributed by atoms with Crippen LogP contribution in [-0.2, 0) is 0 Å². The van der Waals surface area contributed by atoms with Crippen molar-refractivity contribution in [1.29, 1.82) is 0 Å². The highest BCUT2D eigenvalue weighted by molar-refractivity contribution is 7.12. The summed E-state index contributed by atoms with van der Waals surface area (Å²) in [5.41, 5.74) is 0. The van der Waals surface area contributed by atoms with Crippen LogP contribution in [0.4, 0.5) is 0 Å². The molecule has 0 saturated carbocycles. The number of carbonyl (C=O) groups is 1. The van der Waals surface area contributed by atoms with Crippen LogP contribution < -0.4 is 5.32 Å². The Balaban J connectivity index is 2.53. The number of carbonyl (C=O) groups excluding carboxylic acids is 1. The summed E-state index contributed by atoms with van der Waals surface area (Å²) in [6.45, 7) is 3.83. The van der Waals surface area contributed by atoms with Crippen LogP contribution in [0.5, 0.6) is 0 Å². The monoisotopic (exact) mass is 265 g/mol. The van der Waals surface area contributed by atoms with E-state index in [1.54, 1.807) is 11.4 Å². The second-order valence-electron chi connectivity index (χ2n) is 3.49. The number of amides is 1. The second-order valence-corrected chi connectivity index (χ2v) is 5.56. The second kappa shape index (κ2) is 5.73. The first kappa shape index (κ1) is 12.8. The van der Waals surface area contributed by atoms with Crippen LogP contribution in [-0.4, -0.2) is 17.3 Å². The molecule has 0 bridgehead atoms. The first-order valence-electron chi connectivity index (χ1n) is 4.68. The molecule has 0 aliphatic carbocycles. The Labute approximate surface area is 104 Å². The number of halogens is 2. The smallest absolute Gasteiger partial charge is 0.263 e. The van der Waals surface area contributed by atoms with Gasteiger partial charge >= 0.3 is 0 Å². The molecule has 2 nitrogen and oxygen atoms in total. The lowest BCUT2D eigenvalue weighted by molar-refractivity contribution is 0.0943. The average molecular weight is 266 g/mol. The predicted octanol–water partition coefficient (Wildman–Crippen LogP) is 3.54. The minimum absolute atomic E-state index is 0.0547. The Bertz CT molecular complexity index is 338. The Morgan fingerprint density at radius 3 is 2.73 bits per heavy atom. The minimum Gasteiger partial charge on any atom is -0.349 e. The molecule has 0 radical (unpaired) electrons. The molecule has 0 aromatic carbocycles. The third-order valence-electron chi connectivity index (χ3n) is 1.88. The van der Waals surface area contributed by atoms with Crippen molar-refractivity contribution in [1.82, 2.24) is 5.32 Å². The zero-order valence-electron chi connectivity index (χ0n) is 8.59. The summed E-state index contributed by atoms with van der Waals surface area (Å²) in [7, 11) is 0. The van der Waals surface area contributed by atoms with Gasteiger partial charge in [-0.1, -0.05) is 11.6 Å². The maximum Gasteiger partial charge on any atom is 0.263 e. The third kappa shape index (κ3) is 4.01. The van der Waals surface area contributed by atoms with Crippen LogP contribution in [0.1, 0.15) is 29.9 Å². The summed E-state index contributed by atoms with van der Waals surface area (Å²) in [6.07, 6.45) is 0.746. The summed E-state index contributed by atoms with van der Waals surface area (Å²) >= 11 is 13.0. The molecule has 1 aromatic rings. The van der Waals surface area contributed by atoms with Crippen molar-refractivity contribution in [3.05, 3.63) is 21.3 Å². The minimum atomic E-state index is -0.125. The van der Waals surface area contributed by atoms with E-state index in [-0.39, 0.29) is 17.3 Å². The van der Waals surface area contributed by atoms with Gasteiger partial charge in [-0.2, -0.15) is 0 Å². The van der Waals surface area contributed by atoms with Crippen LogP contribution in [0.3, 0.4) is 0 Å². The van der Waals surface area contributed by atoms with Crippen LogP contribution in [0.15, 0.2) is 11.4 Å². The molecule has 2 unspecified atom stereocenters. The van der Waals surface area contributed by atoms with Gasteiger partial charge < -0.3 is 5.32 Å². The quantitative estimate of drug-likeness (QED) is 0.830. The number of alkyl halides is 1. The highest BCUT2D eigenvalue weighted by atomic mass is 35.5. The molecular weight excluding hydrogens is 253 g/mol. The van der Waals surface area contributed by atoms with Gasteiger partial charge in [0.2, 0.25) is 0 Å². The molecule has 1 heterocycles. The maximum absolute atomic E-state index is 11.7. The molecule has 0 spiro atoms. The van der Waals surface area contributed by atoms with E-state index < -0.39 is 0 Å². The molecule has 1 N–H and O–H groups in total. The van der Waals surface area contributed by atoms with Gasteiger partial charge in [-0.05, 0) is 31.7 Å². The lowest BCUT2D eigenvalue weighted by Gasteiger charge is -2.14. The number of hydrogen-bond donors (Lipinski definition) is 1. The van der Waals surface area contributed by atoms with Crippen LogP contribution in [0.25, 0.3) is 0 Å². The fourth-order valence-corrected chi connectivity index (χ4v) is 2.60. The summed E-state index contributed by atoms with van der Waals surface area (Å²) in [5.74, 6) is -0.125. The summed E-state index contributed by atoms with van der Waals surface area (Å²) in [4.78, 5) is 12.3. The van der Waals surface area contributed by atoms with Gasteiger partial charge in [0.15, 0.2) is 0 Å². The molecule has 84 valence electrons. The molecule has 0 aliphatic heterocycles. The predicted molar refractivity (Wildman–Crippen MR) is 66.2 cm³/mol. The van der Waals surface area contributed by atoms with Crippen molar-refractivity contribution in [3.8, 4) is 0 Å². The van der Waals surface area contributed by atoms with Crippen molar-refractivity contribution >= 4 is 40.4 Å². The molecule has 1 amide bonds. The van der Waals surface area contributed by atoms with Crippen molar-refractivity contribution < 1.29 is 4.79 Å². The van der Waals surface area contributed by atoms with E-state index in [0.29, 0.717) is 9.90 Å². The molecule has 5 heteroatoms. The molecule has 0 saturated heterocycles. The molecule has 2 atom stereocenters. The van der Waals surface area contributed by atoms with Crippen LogP contribution in [0.2, 0.25) is 5.02 Å². The third-order valence-corrected chi connectivity index (χ3v) is 3.40. The largest absolute Gasteiger partial charge is 0.349 e. The van der Waals surface area contributed by atoms with E-state index in [2.05, 4.69) is 5.32 Å². The van der Waals surface area contributed by atoms with Gasteiger partial charge in [-0.25, -0.2) is 0 Å². The molecule has 1 aromatic heterocycles. The van der Waals surface area contributed by atoms with E-state index in [1.165, 1.54) is 11.3 Å². The SMILES string of the molecule is CC(Cl)CC(C)NC(=O)c1sccc1Cl. The number of hydrogen-bond acceptors (Lipinski definition) is 2. The standard InChI is InChI=1S/C10H13Cl2NOS/c1-6(11)5-7(2)13-10(14)9-8(12)3-4-15-9/h3-4,6-7H,5H2,1-2H3,(H,13,14). The highest BCUT2D eigenvalue weighted by Gasteiger charge is 2.15. The normalized spacial score (nSPS) is 14.7. The van der Waals surface area contributed by atoms with Crippen LogP contribution in [0, 0.1) is 0 Å². The first-order valence-corrected chi connectivity index (χ1v) is 6.38. The lowest BCUT2D eigenvalue weighted by atomic mass is 10.2. The van der Waals surface area contributed by atoms with Gasteiger partial charge in [-0.3, -0.25) is 4.79 Å².